The van der Waals surface area contributed by atoms with Crippen molar-refractivity contribution in [1.82, 2.24) is 10.2 Å². The minimum atomic E-state index is -1.05. The Morgan fingerprint density at radius 3 is 2.46 bits per heavy atom. The van der Waals surface area contributed by atoms with Crippen molar-refractivity contribution in [2.75, 3.05) is 19.6 Å². The lowest BCUT2D eigenvalue weighted by Crippen LogP contribution is -2.52. The molecular formula is C29H29ClN2O5. The minimum absolute atomic E-state index is 0.0815. The molecule has 0 saturated carbocycles. The van der Waals surface area contributed by atoms with Crippen LogP contribution in [0.4, 0.5) is 4.79 Å². The lowest BCUT2D eigenvalue weighted by Gasteiger charge is -2.43. The van der Waals surface area contributed by atoms with Crippen LogP contribution in [0.3, 0.4) is 0 Å². The van der Waals surface area contributed by atoms with E-state index in [1.807, 2.05) is 54.6 Å². The summed E-state index contributed by atoms with van der Waals surface area (Å²) in [6.45, 7) is 3.11. The van der Waals surface area contributed by atoms with Gasteiger partial charge in [-0.15, -0.1) is 0 Å². The van der Waals surface area contributed by atoms with Crippen LogP contribution in [0.25, 0.3) is 0 Å². The molecule has 3 aromatic carbocycles. The Hall–Kier alpha value is -3.55. The summed E-state index contributed by atoms with van der Waals surface area (Å²) in [5.74, 6) is -0.0359. The molecule has 2 bridgehead atoms. The molecule has 0 spiro atoms. The summed E-state index contributed by atoms with van der Waals surface area (Å²) in [5.41, 5.74) is 2.52. The summed E-state index contributed by atoms with van der Waals surface area (Å²) in [7, 11) is 0. The summed E-state index contributed by atoms with van der Waals surface area (Å²) < 4.78 is 11.9. The van der Waals surface area contributed by atoms with Gasteiger partial charge in [-0.1, -0.05) is 54.1 Å². The molecule has 6 rings (SSSR count). The topological polar surface area (TPSA) is 88.1 Å². The van der Waals surface area contributed by atoms with E-state index in [0.717, 1.165) is 43.6 Å². The second-order valence-electron chi connectivity index (χ2n) is 9.58. The maximum absolute atomic E-state index is 13.0. The number of hydrogen-bond acceptors (Lipinski definition) is 5. The van der Waals surface area contributed by atoms with Gasteiger partial charge in [0.2, 0.25) is 0 Å². The molecule has 2 N–H and O–H groups in total. The molecule has 192 valence electrons. The molecule has 3 aliphatic heterocycles. The van der Waals surface area contributed by atoms with Crippen molar-refractivity contribution in [1.29, 1.82) is 0 Å². The first-order chi connectivity index (χ1) is 17.9. The van der Waals surface area contributed by atoms with Gasteiger partial charge in [-0.25, -0.2) is 9.59 Å². The molecular weight excluding hydrogens is 492 g/mol. The molecule has 3 fully saturated rings. The number of benzene rings is 3. The van der Waals surface area contributed by atoms with Crippen molar-refractivity contribution >= 4 is 23.7 Å². The van der Waals surface area contributed by atoms with E-state index in [1.54, 1.807) is 6.07 Å². The van der Waals surface area contributed by atoms with Crippen LogP contribution in [0.5, 0.6) is 5.75 Å². The Morgan fingerprint density at radius 1 is 1.00 bits per heavy atom. The smallest absolute Gasteiger partial charge is 0.408 e. The molecule has 0 radical (unpaired) electrons. The maximum Gasteiger partial charge on any atom is 0.408 e. The summed E-state index contributed by atoms with van der Waals surface area (Å²) in [5, 5.41) is 12.7. The molecule has 1 amide bonds. The van der Waals surface area contributed by atoms with E-state index < -0.39 is 18.1 Å². The number of amides is 1. The fourth-order valence-corrected chi connectivity index (χ4v) is 5.40. The zero-order valence-electron chi connectivity index (χ0n) is 20.3. The average Bonchev–Trinajstić information content (AvgIpc) is 2.91. The normalized spacial score (nSPS) is 21.2. The van der Waals surface area contributed by atoms with Crippen LogP contribution in [-0.2, 0) is 11.3 Å². The van der Waals surface area contributed by atoms with Crippen molar-refractivity contribution in [3.63, 3.8) is 0 Å². The second kappa shape index (κ2) is 11.2. The molecule has 3 saturated heterocycles. The van der Waals surface area contributed by atoms with Crippen molar-refractivity contribution in [3.05, 3.63) is 100 Å². The predicted octanol–water partition coefficient (Wildman–Crippen LogP) is 5.53. The molecule has 8 heteroatoms. The first-order valence-corrected chi connectivity index (χ1v) is 12.8. The highest BCUT2D eigenvalue weighted by molar-refractivity contribution is 6.31. The van der Waals surface area contributed by atoms with Crippen molar-refractivity contribution in [2.24, 2.45) is 5.92 Å². The number of aromatic carboxylic acids is 1. The monoisotopic (exact) mass is 520 g/mol. The van der Waals surface area contributed by atoms with E-state index in [0.29, 0.717) is 22.3 Å². The standard InChI is InChI=1S/C29H29ClN2O5/c30-24-14-19(13-23(15-24)28(33)34)18-36-25-8-4-7-22(16-25)27(21-5-2-1-3-6-21)31-29(35)37-26-17-32-11-9-20(26)10-12-32/h1-8,13-16,20,26-27H,9-12,17-18H2,(H,31,35)(H,33,34)/t26-,27-/m0/s1. The van der Waals surface area contributed by atoms with Gasteiger partial charge in [0.1, 0.15) is 18.5 Å². The quantitative estimate of drug-likeness (QED) is 0.406. The number of hydrogen-bond donors (Lipinski definition) is 2. The highest BCUT2D eigenvalue weighted by Crippen LogP contribution is 2.31. The highest BCUT2D eigenvalue weighted by atomic mass is 35.5. The number of nitrogens with zero attached hydrogens (tertiary/aromatic N) is 1. The second-order valence-corrected chi connectivity index (χ2v) is 10.0. The van der Waals surface area contributed by atoms with Gasteiger partial charge in [0.25, 0.3) is 0 Å². The number of halogens is 1. The number of nitrogens with one attached hydrogen (secondary N) is 1. The van der Waals surface area contributed by atoms with Gasteiger partial charge >= 0.3 is 12.1 Å². The number of carbonyl (C=O) groups is 2. The summed E-state index contributed by atoms with van der Waals surface area (Å²) in [6.07, 6.45) is 1.63. The molecule has 2 atom stereocenters. The van der Waals surface area contributed by atoms with Crippen LogP contribution < -0.4 is 10.1 Å². The van der Waals surface area contributed by atoms with Crippen LogP contribution in [-0.4, -0.2) is 47.8 Å². The average molecular weight is 521 g/mol. The third kappa shape index (κ3) is 6.24. The van der Waals surface area contributed by atoms with E-state index in [4.69, 9.17) is 21.1 Å². The van der Waals surface area contributed by atoms with E-state index in [2.05, 4.69) is 10.2 Å². The first-order valence-electron chi connectivity index (χ1n) is 12.4. The van der Waals surface area contributed by atoms with Crippen LogP contribution in [0.1, 0.15) is 45.9 Å². The number of carboxylic acid groups (broad SMARTS) is 1. The summed E-state index contributed by atoms with van der Waals surface area (Å²) in [4.78, 5) is 26.7. The van der Waals surface area contributed by atoms with Crippen molar-refractivity contribution < 1.29 is 24.2 Å². The zero-order chi connectivity index (χ0) is 25.8. The molecule has 7 nitrogen and oxygen atoms in total. The third-order valence-corrected chi connectivity index (χ3v) is 7.27. The fourth-order valence-electron chi connectivity index (χ4n) is 5.15. The first kappa shape index (κ1) is 25.1. The van der Waals surface area contributed by atoms with Crippen LogP contribution in [0.2, 0.25) is 5.02 Å². The van der Waals surface area contributed by atoms with Gasteiger partial charge in [0.15, 0.2) is 0 Å². The number of piperidine rings is 3. The molecule has 3 heterocycles. The summed E-state index contributed by atoms with van der Waals surface area (Å²) in [6, 6.07) is 21.4. The lowest BCUT2D eigenvalue weighted by molar-refractivity contribution is -0.0336. The van der Waals surface area contributed by atoms with Gasteiger partial charge in [0, 0.05) is 11.6 Å². The minimum Gasteiger partial charge on any atom is -0.489 e. The third-order valence-electron chi connectivity index (χ3n) is 7.05. The Bertz CT molecular complexity index is 1260. The van der Waals surface area contributed by atoms with Gasteiger partial charge in [-0.3, -0.25) is 4.90 Å². The number of ether oxygens (including phenoxy) is 2. The molecule has 37 heavy (non-hydrogen) atoms. The van der Waals surface area contributed by atoms with Gasteiger partial charge in [0.05, 0.1) is 11.6 Å². The Morgan fingerprint density at radius 2 is 1.76 bits per heavy atom. The Labute approximate surface area is 221 Å². The molecule has 0 unspecified atom stereocenters. The van der Waals surface area contributed by atoms with E-state index in [9.17, 15) is 14.7 Å². The van der Waals surface area contributed by atoms with Gasteiger partial charge in [-0.2, -0.15) is 0 Å². The Balaban J connectivity index is 1.31. The lowest BCUT2D eigenvalue weighted by atomic mass is 9.86. The molecule has 3 aliphatic rings. The fraction of sp³-hybridized carbons (Fsp3) is 0.310. The maximum atomic E-state index is 13.0. The van der Waals surface area contributed by atoms with E-state index >= 15 is 0 Å². The molecule has 3 aromatic rings. The number of carbonyl (C=O) groups excluding carboxylic acids is 1. The van der Waals surface area contributed by atoms with Gasteiger partial charge < -0.3 is 19.9 Å². The number of carboxylic acids is 1. The largest absolute Gasteiger partial charge is 0.489 e. The van der Waals surface area contributed by atoms with Crippen LogP contribution in [0.15, 0.2) is 72.8 Å². The Kier molecular flexibility index (Phi) is 7.63. The predicted molar refractivity (Wildman–Crippen MR) is 140 cm³/mol. The highest BCUT2D eigenvalue weighted by Gasteiger charge is 2.36. The molecule has 0 aliphatic carbocycles. The van der Waals surface area contributed by atoms with Crippen molar-refractivity contribution in [2.45, 2.75) is 31.6 Å². The van der Waals surface area contributed by atoms with E-state index in [1.165, 1.54) is 12.1 Å². The number of alkyl carbamates (subject to hydrolysis) is 1. The van der Waals surface area contributed by atoms with Crippen LogP contribution in [0, 0.1) is 5.92 Å². The molecule has 0 aromatic heterocycles. The van der Waals surface area contributed by atoms with Crippen LogP contribution >= 0.6 is 11.6 Å². The van der Waals surface area contributed by atoms with Gasteiger partial charge in [-0.05, 0) is 78.9 Å². The SMILES string of the molecule is O=C(N[C@@H](c1ccccc1)c1cccc(OCc2cc(Cl)cc(C(=O)O)c2)c1)O[C@H]1CN2CCC1CC2. The van der Waals surface area contributed by atoms with Crippen molar-refractivity contribution in [3.8, 4) is 5.75 Å². The zero-order valence-corrected chi connectivity index (χ0v) is 21.1. The number of rotatable bonds is 8. The summed E-state index contributed by atoms with van der Waals surface area (Å²) >= 11 is 6.08. The van der Waals surface area contributed by atoms with E-state index in [-0.39, 0.29) is 18.3 Å². The number of fused-ring (bicyclic) bond motifs is 3.